The molecule has 1 N–H and O–H groups in total. The standard InChI is InChI=1S/C15H9BrFNO3S/c1-7(19)21-15-12(20)13-11(14(16)18-15)10(6-22-13)8-2-4-9(17)5-3-8/h2-6,20H,1H3. The molecule has 0 bridgehead atoms. The van der Waals surface area contributed by atoms with E-state index in [9.17, 15) is 14.3 Å². The third-order valence-electron chi connectivity index (χ3n) is 3.01. The highest BCUT2D eigenvalue weighted by atomic mass is 79.9. The van der Waals surface area contributed by atoms with Gasteiger partial charge in [-0.3, -0.25) is 4.79 Å². The zero-order valence-corrected chi connectivity index (χ0v) is 13.7. The first-order valence-corrected chi connectivity index (χ1v) is 7.88. The molecule has 0 fully saturated rings. The number of pyridine rings is 1. The number of hydrogen-bond donors (Lipinski definition) is 1. The van der Waals surface area contributed by atoms with Crippen molar-refractivity contribution in [2.75, 3.05) is 0 Å². The van der Waals surface area contributed by atoms with Crippen molar-refractivity contribution >= 4 is 43.3 Å². The van der Waals surface area contributed by atoms with Crippen LogP contribution in [0.5, 0.6) is 11.6 Å². The van der Waals surface area contributed by atoms with Crippen LogP contribution in [0.2, 0.25) is 0 Å². The van der Waals surface area contributed by atoms with Crippen LogP contribution in [0.25, 0.3) is 21.2 Å². The number of rotatable bonds is 2. The maximum absolute atomic E-state index is 13.1. The highest BCUT2D eigenvalue weighted by molar-refractivity contribution is 9.10. The number of aromatic nitrogens is 1. The minimum Gasteiger partial charge on any atom is -0.502 e. The summed E-state index contributed by atoms with van der Waals surface area (Å²) < 4.78 is 18.9. The molecular weight excluding hydrogens is 373 g/mol. The van der Waals surface area contributed by atoms with Gasteiger partial charge < -0.3 is 9.84 Å². The number of carbonyl (C=O) groups is 1. The van der Waals surface area contributed by atoms with E-state index >= 15 is 0 Å². The Morgan fingerprint density at radius 3 is 2.68 bits per heavy atom. The van der Waals surface area contributed by atoms with Crippen molar-refractivity contribution in [3.05, 3.63) is 40.1 Å². The minimum atomic E-state index is -0.565. The number of esters is 1. The van der Waals surface area contributed by atoms with Crippen molar-refractivity contribution in [2.24, 2.45) is 0 Å². The Labute approximate surface area is 137 Å². The van der Waals surface area contributed by atoms with Crippen LogP contribution >= 0.6 is 27.3 Å². The van der Waals surface area contributed by atoms with Crippen LogP contribution in [0.4, 0.5) is 4.39 Å². The van der Waals surface area contributed by atoms with Gasteiger partial charge in [0.1, 0.15) is 10.4 Å². The van der Waals surface area contributed by atoms with Gasteiger partial charge in [0, 0.05) is 23.3 Å². The van der Waals surface area contributed by atoms with Gasteiger partial charge in [-0.2, -0.15) is 0 Å². The van der Waals surface area contributed by atoms with Crippen molar-refractivity contribution in [1.82, 2.24) is 4.98 Å². The van der Waals surface area contributed by atoms with Crippen LogP contribution < -0.4 is 4.74 Å². The molecule has 2 heterocycles. The van der Waals surface area contributed by atoms with Gasteiger partial charge in [0.2, 0.25) is 0 Å². The molecule has 0 saturated heterocycles. The monoisotopic (exact) mass is 381 g/mol. The maximum Gasteiger partial charge on any atom is 0.309 e. The summed E-state index contributed by atoms with van der Waals surface area (Å²) in [6, 6.07) is 6.04. The van der Waals surface area contributed by atoms with Crippen LogP contribution in [-0.4, -0.2) is 16.1 Å². The topological polar surface area (TPSA) is 59.4 Å². The quantitative estimate of drug-likeness (QED) is 0.524. The molecule has 0 aliphatic rings. The molecule has 0 saturated carbocycles. The van der Waals surface area contributed by atoms with Crippen molar-refractivity contribution in [3.8, 4) is 22.8 Å². The lowest BCUT2D eigenvalue weighted by Crippen LogP contribution is -2.03. The molecule has 1 aromatic carbocycles. The average Bonchev–Trinajstić information content (AvgIpc) is 2.90. The molecule has 2 aromatic heterocycles. The summed E-state index contributed by atoms with van der Waals surface area (Å²) in [4.78, 5) is 15.1. The van der Waals surface area contributed by atoms with Gasteiger partial charge in [0.05, 0.1) is 4.70 Å². The lowest BCUT2D eigenvalue weighted by Gasteiger charge is -2.07. The Hall–Kier alpha value is -1.99. The maximum atomic E-state index is 13.1. The van der Waals surface area contributed by atoms with E-state index in [1.54, 1.807) is 12.1 Å². The molecule has 0 atom stereocenters. The Kier molecular flexibility index (Phi) is 3.84. The number of carbonyl (C=O) groups excluding carboxylic acids is 1. The van der Waals surface area contributed by atoms with Gasteiger partial charge in [-0.25, -0.2) is 9.37 Å². The highest BCUT2D eigenvalue weighted by Gasteiger charge is 2.19. The molecule has 112 valence electrons. The smallest absolute Gasteiger partial charge is 0.309 e. The lowest BCUT2D eigenvalue weighted by atomic mass is 10.1. The van der Waals surface area contributed by atoms with E-state index in [-0.39, 0.29) is 17.4 Å². The lowest BCUT2D eigenvalue weighted by molar-refractivity contribution is -0.132. The summed E-state index contributed by atoms with van der Waals surface area (Å²) in [6.45, 7) is 1.23. The summed E-state index contributed by atoms with van der Waals surface area (Å²) in [5, 5.41) is 12.7. The number of halogens is 2. The van der Waals surface area contributed by atoms with Crippen molar-refractivity contribution in [1.29, 1.82) is 0 Å². The molecule has 22 heavy (non-hydrogen) atoms. The predicted molar refractivity (Wildman–Crippen MR) is 85.7 cm³/mol. The molecule has 0 aliphatic carbocycles. The molecule has 0 unspecified atom stereocenters. The molecule has 7 heteroatoms. The third-order valence-corrected chi connectivity index (χ3v) is 4.57. The largest absolute Gasteiger partial charge is 0.502 e. The Morgan fingerprint density at radius 2 is 2.05 bits per heavy atom. The first kappa shape index (κ1) is 14.9. The van der Waals surface area contributed by atoms with Gasteiger partial charge in [-0.15, -0.1) is 11.3 Å². The molecule has 3 aromatic rings. The summed E-state index contributed by atoms with van der Waals surface area (Å²) in [6.07, 6.45) is 0. The molecule has 0 radical (unpaired) electrons. The number of ether oxygens (including phenoxy) is 1. The number of hydrogen-bond acceptors (Lipinski definition) is 5. The molecular formula is C15H9BrFNO3S. The summed E-state index contributed by atoms with van der Waals surface area (Å²) in [5.74, 6) is -1.21. The SMILES string of the molecule is CC(=O)Oc1nc(Br)c2c(-c3ccc(F)cc3)csc2c1O. The Bertz CT molecular complexity index is 877. The first-order chi connectivity index (χ1) is 10.5. The van der Waals surface area contributed by atoms with E-state index in [1.165, 1.54) is 30.4 Å². The van der Waals surface area contributed by atoms with Gasteiger partial charge in [-0.05, 0) is 33.6 Å². The fraction of sp³-hybridized carbons (Fsp3) is 0.0667. The molecule has 3 rings (SSSR count). The predicted octanol–water partition coefficient (Wildman–Crippen LogP) is 4.50. The van der Waals surface area contributed by atoms with Crippen LogP contribution in [0.1, 0.15) is 6.92 Å². The fourth-order valence-electron chi connectivity index (χ4n) is 2.08. The second-order valence-corrected chi connectivity index (χ2v) is 6.14. The van der Waals surface area contributed by atoms with E-state index < -0.39 is 5.97 Å². The molecule has 0 amide bonds. The van der Waals surface area contributed by atoms with Crippen LogP contribution in [0.15, 0.2) is 34.2 Å². The fourth-order valence-corrected chi connectivity index (χ4v) is 3.80. The number of nitrogens with zero attached hydrogens (tertiary/aromatic N) is 1. The number of aromatic hydroxyl groups is 1. The first-order valence-electron chi connectivity index (χ1n) is 6.21. The highest BCUT2D eigenvalue weighted by Crippen LogP contribution is 2.45. The average molecular weight is 382 g/mol. The van der Waals surface area contributed by atoms with Crippen LogP contribution in [0, 0.1) is 5.82 Å². The minimum absolute atomic E-state index is 0.139. The van der Waals surface area contributed by atoms with E-state index in [0.29, 0.717) is 14.7 Å². The number of benzene rings is 1. The summed E-state index contributed by atoms with van der Waals surface area (Å²) >= 11 is 4.62. The van der Waals surface area contributed by atoms with Gasteiger partial charge >= 0.3 is 5.97 Å². The molecule has 0 spiro atoms. The van der Waals surface area contributed by atoms with E-state index in [0.717, 1.165) is 11.1 Å². The van der Waals surface area contributed by atoms with Gasteiger partial charge in [0.15, 0.2) is 5.75 Å². The van der Waals surface area contributed by atoms with E-state index in [2.05, 4.69) is 20.9 Å². The van der Waals surface area contributed by atoms with Crippen molar-refractivity contribution in [3.63, 3.8) is 0 Å². The van der Waals surface area contributed by atoms with Crippen LogP contribution in [-0.2, 0) is 4.79 Å². The second-order valence-electron chi connectivity index (χ2n) is 4.51. The van der Waals surface area contributed by atoms with E-state index in [1.807, 2.05) is 5.38 Å². The zero-order valence-electron chi connectivity index (χ0n) is 11.3. The van der Waals surface area contributed by atoms with Crippen molar-refractivity contribution in [2.45, 2.75) is 6.92 Å². The van der Waals surface area contributed by atoms with Crippen LogP contribution in [0.3, 0.4) is 0 Å². The molecule has 4 nitrogen and oxygen atoms in total. The zero-order chi connectivity index (χ0) is 15.9. The van der Waals surface area contributed by atoms with Gasteiger partial charge in [0.25, 0.3) is 5.88 Å². The number of thiophene rings is 1. The second kappa shape index (κ2) is 5.66. The summed E-state index contributed by atoms with van der Waals surface area (Å²) in [7, 11) is 0. The normalized spacial score (nSPS) is 10.9. The van der Waals surface area contributed by atoms with E-state index in [4.69, 9.17) is 4.74 Å². The van der Waals surface area contributed by atoms with Gasteiger partial charge in [-0.1, -0.05) is 12.1 Å². The third kappa shape index (κ3) is 2.57. The summed E-state index contributed by atoms with van der Waals surface area (Å²) in [5.41, 5.74) is 1.61. The molecule has 0 aliphatic heterocycles. The Balaban J connectivity index is 2.21. The number of fused-ring (bicyclic) bond motifs is 1. The Morgan fingerprint density at radius 1 is 1.36 bits per heavy atom. The van der Waals surface area contributed by atoms with Crippen molar-refractivity contribution < 1.29 is 19.0 Å².